The number of rotatable bonds is 5. The topological polar surface area (TPSA) is 115 Å². The van der Waals surface area contributed by atoms with Crippen molar-refractivity contribution in [3.8, 4) is 17.1 Å². The molecule has 1 N–H and O–H groups in total. The van der Waals surface area contributed by atoms with Crippen LogP contribution in [0.4, 0.5) is 11.4 Å². The molecule has 0 radical (unpaired) electrons. The monoisotopic (exact) mass is 449 g/mol. The smallest absolute Gasteiger partial charge is 0.273 e. The highest BCUT2D eigenvalue weighted by molar-refractivity contribution is 7.80. The molecule has 4 rings (SSSR count). The van der Waals surface area contributed by atoms with Crippen molar-refractivity contribution >= 4 is 46.6 Å². The highest BCUT2D eigenvalue weighted by atomic mass is 32.1. The van der Waals surface area contributed by atoms with Crippen LogP contribution >= 0.6 is 12.2 Å². The van der Waals surface area contributed by atoms with Crippen LogP contribution in [0.25, 0.3) is 17.4 Å². The Kier molecular flexibility index (Phi) is 5.52. The molecule has 10 heteroatoms. The number of para-hydroxylation sites is 1. The predicted octanol–water partition coefficient (Wildman–Crippen LogP) is 3.69. The van der Waals surface area contributed by atoms with E-state index in [2.05, 4.69) is 5.32 Å². The Morgan fingerprint density at radius 1 is 1.12 bits per heavy atom. The highest BCUT2D eigenvalue weighted by Gasteiger charge is 2.34. The second kappa shape index (κ2) is 8.44. The lowest BCUT2D eigenvalue weighted by atomic mass is 10.1. The number of methoxy groups -OCH3 is 1. The molecule has 0 spiro atoms. The second-order valence-electron chi connectivity index (χ2n) is 6.64. The average Bonchev–Trinajstić information content (AvgIpc) is 3.25. The van der Waals surface area contributed by atoms with Gasteiger partial charge >= 0.3 is 0 Å². The van der Waals surface area contributed by atoms with Crippen molar-refractivity contribution < 1.29 is 23.7 Å². The Balaban J connectivity index is 1.68. The van der Waals surface area contributed by atoms with Crippen molar-refractivity contribution in [1.29, 1.82) is 0 Å². The van der Waals surface area contributed by atoms with E-state index in [1.807, 2.05) is 0 Å². The van der Waals surface area contributed by atoms with Crippen molar-refractivity contribution in [2.45, 2.75) is 0 Å². The fourth-order valence-corrected chi connectivity index (χ4v) is 3.46. The third-order valence-corrected chi connectivity index (χ3v) is 4.98. The van der Waals surface area contributed by atoms with E-state index in [0.29, 0.717) is 17.0 Å². The molecule has 1 saturated heterocycles. The summed E-state index contributed by atoms with van der Waals surface area (Å²) in [7, 11) is 1.39. The quantitative estimate of drug-likeness (QED) is 0.208. The van der Waals surface area contributed by atoms with Crippen LogP contribution in [0.1, 0.15) is 5.76 Å². The molecule has 2 aromatic carbocycles. The van der Waals surface area contributed by atoms with Crippen molar-refractivity contribution in [3.63, 3.8) is 0 Å². The number of carbonyl (C=O) groups excluding carboxylic acids is 2. The van der Waals surface area contributed by atoms with E-state index in [9.17, 15) is 19.7 Å². The summed E-state index contributed by atoms with van der Waals surface area (Å²) in [4.78, 5) is 37.1. The molecule has 1 aliphatic heterocycles. The molecule has 0 saturated carbocycles. The average molecular weight is 449 g/mol. The maximum atomic E-state index is 13.0. The molecule has 9 nitrogen and oxygen atoms in total. The molecule has 2 heterocycles. The first kappa shape index (κ1) is 20.9. The molecule has 0 aliphatic carbocycles. The Bertz CT molecular complexity index is 1280. The number of carbonyl (C=O) groups is 2. The van der Waals surface area contributed by atoms with Crippen molar-refractivity contribution in [3.05, 3.63) is 82.1 Å². The number of hydrogen-bond donors (Lipinski definition) is 1. The van der Waals surface area contributed by atoms with Crippen LogP contribution < -0.4 is 15.0 Å². The maximum absolute atomic E-state index is 13.0. The van der Waals surface area contributed by atoms with Crippen molar-refractivity contribution in [1.82, 2.24) is 5.32 Å². The molecule has 2 amide bonds. The van der Waals surface area contributed by atoms with E-state index in [0.717, 1.165) is 0 Å². The van der Waals surface area contributed by atoms with Gasteiger partial charge in [0.05, 0.1) is 29.4 Å². The van der Waals surface area contributed by atoms with Gasteiger partial charge in [0, 0.05) is 6.07 Å². The van der Waals surface area contributed by atoms with Gasteiger partial charge in [0.25, 0.3) is 17.5 Å². The number of hydrogen-bond acceptors (Lipinski definition) is 7. The number of thiocarbonyl (C=S) groups is 1. The molecule has 0 unspecified atom stereocenters. The first-order valence-electron chi connectivity index (χ1n) is 9.28. The van der Waals surface area contributed by atoms with Gasteiger partial charge in [-0.3, -0.25) is 29.9 Å². The molecule has 1 aromatic heterocycles. The minimum absolute atomic E-state index is 0.0147. The minimum atomic E-state index is -0.641. The van der Waals surface area contributed by atoms with Gasteiger partial charge in [-0.15, -0.1) is 0 Å². The van der Waals surface area contributed by atoms with Gasteiger partial charge in [0.2, 0.25) is 0 Å². The number of nitrogens with zero attached hydrogens (tertiary/aromatic N) is 2. The zero-order chi connectivity index (χ0) is 22.8. The zero-order valence-electron chi connectivity index (χ0n) is 16.6. The van der Waals surface area contributed by atoms with Gasteiger partial charge in [-0.2, -0.15) is 0 Å². The third kappa shape index (κ3) is 3.86. The fraction of sp³-hybridized carbons (Fsp3) is 0.0455. The van der Waals surface area contributed by atoms with Gasteiger partial charge in [0.15, 0.2) is 5.11 Å². The van der Waals surface area contributed by atoms with Crippen LogP contribution in [0.15, 0.2) is 70.7 Å². The number of furan rings is 1. The zero-order valence-corrected chi connectivity index (χ0v) is 17.4. The van der Waals surface area contributed by atoms with Crippen LogP contribution in [-0.2, 0) is 9.59 Å². The van der Waals surface area contributed by atoms with Gasteiger partial charge in [-0.25, -0.2) is 0 Å². The van der Waals surface area contributed by atoms with Gasteiger partial charge in [-0.1, -0.05) is 18.2 Å². The number of amides is 2. The van der Waals surface area contributed by atoms with Gasteiger partial charge < -0.3 is 9.15 Å². The predicted molar refractivity (Wildman–Crippen MR) is 120 cm³/mol. The van der Waals surface area contributed by atoms with Crippen molar-refractivity contribution in [2.24, 2.45) is 0 Å². The summed E-state index contributed by atoms with van der Waals surface area (Å²) in [5, 5.41) is 13.5. The van der Waals surface area contributed by atoms with Crippen LogP contribution in [0.3, 0.4) is 0 Å². The summed E-state index contributed by atoms with van der Waals surface area (Å²) in [5.41, 5.74) is 0.721. The SMILES string of the molecule is COc1cc([N+](=O)[O-])ccc1-c1ccc(/C=C2\C(=O)NC(=S)N(c3ccccc3)C2=O)o1. The largest absolute Gasteiger partial charge is 0.496 e. The number of non-ortho nitro benzene ring substituents is 1. The number of nitrogens with one attached hydrogen (secondary N) is 1. The molecular weight excluding hydrogens is 434 g/mol. The highest BCUT2D eigenvalue weighted by Crippen LogP contribution is 2.34. The van der Waals surface area contributed by atoms with Crippen molar-refractivity contribution in [2.75, 3.05) is 12.0 Å². The summed E-state index contributed by atoms with van der Waals surface area (Å²) in [6, 6.07) is 16.0. The lowest BCUT2D eigenvalue weighted by Gasteiger charge is -2.28. The van der Waals surface area contributed by atoms with E-state index >= 15 is 0 Å². The Morgan fingerprint density at radius 3 is 2.56 bits per heavy atom. The van der Waals surface area contributed by atoms with E-state index in [-0.39, 0.29) is 27.9 Å². The van der Waals surface area contributed by atoms with Crippen LogP contribution in [0, 0.1) is 10.1 Å². The standard InChI is InChI=1S/C22H15N3O6S/c1-30-19-11-14(25(28)29)7-9-16(19)18-10-8-15(31-18)12-17-20(26)23-22(32)24(21(17)27)13-5-3-2-4-6-13/h2-12H,1H3,(H,23,26,32)/b17-12+. The van der Waals surface area contributed by atoms with Gasteiger partial charge in [0.1, 0.15) is 22.8 Å². The fourth-order valence-electron chi connectivity index (χ4n) is 3.18. The maximum Gasteiger partial charge on any atom is 0.273 e. The Hall–Kier alpha value is -4.31. The van der Waals surface area contributed by atoms with E-state index in [4.69, 9.17) is 21.4 Å². The molecular formula is C22H15N3O6S. The number of nitro benzene ring substituents is 1. The molecule has 1 fully saturated rings. The van der Waals surface area contributed by atoms with Gasteiger partial charge in [-0.05, 0) is 48.6 Å². The minimum Gasteiger partial charge on any atom is -0.496 e. The first-order valence-corrected chi connectivity index (χ1v) is 9.69. The third-order valence-electron chi connectivity index (χ3n) is 4.69. The van der Waals surface area contributed by atoms with E-state index in [1.165, 1.54) is 36.3 Å². The normalized spacial score (nSPS) is 15.1. The number of ether oxygens (including phenoxy) is 1. The molecule has 0 atom stereocenters. The first-order chi connectivity index (χ1) is 15.4. The number of nitro groups is 1. The number of benzene rings is 2. The van der Waals surface area contributed by atoms with E-state index < -0.39 is 16.7 Å². The number of anilines is 1. The molecule has 3 aromatic rings. The lowest BCUT2D eigenvalue weighted by Crippen LogP contribution is -2.54. The molecule has 32 heavy (non-hydrogen) atoms. The van der Waals surface area contributed by atoms with Crippen LogP contribution in [-0.4, -0.2) is 29.0 Å². The molecule has 160 valence electrons. The summed E-state index contributed by atoms with van der Waals surface area (Å²) in [6.07, 6.45) is 1.32. The lowest BCUT2D eigenvalue weighted by molar-refractivity contribution is -0.384. The van der Waals surface area contributed by atoms with Crippen LogP contribution in [0.5, 0.6) is 5.75 Å². The van der Waals surface area contributed by atoms with Crippen LogP contribution in [0.2, 0.25) is 0 Å². The summed E-state index contributed by atoms with van der Waals surface area (Å²) >= 11 is 5.17. The summed E-state index contributed by atoms with van der Waals surface area (Å²) in [5.74, 6) is -0.392. The summed E-state index contributed by atoms with van der Waals surface area (Å²) < 4.78 is 11.0. The molecule has 1 aliphatic rings. The Labute approximate surface area is 187 Å². The molecule has 0 bridgehead atoms. The van der Waals surface area contributed by atoms with E-state index in [1.54, 1.807) is 42.5 Å². The summed E-state index contributed by atoms with van der Waals surface area (Å²) in [6.45, 7) is 0. The second-order valence-corrected chi connectivity index (χ2v) is 7.02. The Morgan fingerprint density at radius 2 is 1.88 bits per heavy atom.